The number of hydrogen-bond donors (Lipinski definition) is 2. The zero-order valence-electron chi connectivity index (χ0n) is 12.2. The number of rotatable bonds is 4. The summed E-state index contributed by atoms with van der Waals surface area (Å²) in [4.78, 5) is 14.6. The molecule has 0 aromatic carbocycles. The first kappa shape index (κ1) is 15.3. The normalized spacial score (nSPS) is 28.8. The van der Waals surface area contributed by atoms with E-state index < -0.39 is 0 Å². The van der Waals surface area contributed by atoms with Gasteiger partial charge in [0.25, 0.3) is 0 Å². The van der Waals surface area contributed by atoms with Gasteiger partial charge in [-0.2, -0.15) is 0 Å². The van der Waals surface area contributed by atoms with Crippen molar-refractivity contribution < 1.29 is 9.90 Å². The number of carbonyl (C=O) groups excluding carboxylic acids is 1. The van der Waals surface area contributed by atoms with Crippen molar-refractivity contribution in [3.05, 3.63) is 0 Å². The van der Waals surface area contributed by atoms with Crippen LogP contribution >= 0.6 is 0 Å². The van der Waals surface area contributed by atoms with Crippen LogP contribution in [0.5, 0.6) is 0 Å². The van der Waals surface area contributed by atoms with Crippen LogP contribution in [-0.2, 0) is 4.79 Å². The minimum absolute atomic E-state index is 0.116. The molecule has 20 heavy (non-hydrogen) atoms. The van der Waals surface area contributed by atoms with E-state index in [1.807, 2.05) is 0 Å². The number of hydrogen-bond acceptors (Lipinski definition) is 3. The van der Waals surface area contributed by atoms with Crippen molar-refractivity contribution in [3.8, 4) is 12.3 Å². The molecule has 2 rings (SSSR count). The van der Waals surface area contributed by atoms with Crippen LogP contribution in [0.1, 0.15) is 38.5 Å². The van der Waals surface area contributed by atoms with E-state index in [1.54, 1.807) is 0 Å². The van der Waals surface area contributed by atoms with Gasteiger partial charge in [0.1, 0.15) is 0 Å². The molecule has 0 aromatic heterocycles. The fraction of sp³-hybridized carbons (Fsp3) is 0.812. The molecule has 1 saturated carbocycles. The summed E-state index contributed by atoms with van der Waals surface area (Å²) in [6, 6.07) is 0.171. The van der Waals surface area contributed by atoms with Crippen LogP contribution in [0.4, 0.5) is 0 Å². The Morgan fingerprint density at radius 3 is 2.60 bits per heavy atom. The number of carbonyl (C=O) groups is 1. The molecule has 4 nitrogen and oxygen atoms in total. The van der Waals surface area contributed by atoms with Crippen LogP contribution in [0.25, 0.3) is 0 Å². The summed E-state index contributed by atoms with van der Waals surface area (Å²) in [5, 5.41) is 12.6. The molecule has 2 fully saturated rings. The second-order valence-corrected chi connectivity index (χ2v) is 6.10. The Hall–Kier alpha value is -1.05. The van der Waals surface area contributed by atoms with E-state index in [0.29, 0.717) is 6.54 Å². The molecule has 1 heterocycles. The third-order valence-corrected chi connectivity index (χ3v) is 4.74. The Labute approximate surface area is 121 Å². The van der Waals surface area contributed by atoms with E-state index in [9.17, 15) is 9.90 Å². The van der Waals surface area contributed by atoms with E-state index in [4.69, 9.17) is 6.42 Å². The van der Waals surface area contributed by atoms with Crippen molar-refractivity contribution >= 4 is 5.91 Å². The predicted octanol–water partition coefficient (Wildman–Crippen LogP) is 0.999. The standard InChI is InChI=1S/C16H26N2O2/c1-2-9-18-10-7-13(8-11-18)16(20)17-15-6-4-3-5-14(15)12-19/h1,13-15,19H,3-12H2,(H,17,20). The van der Waals surface area contributed by atoms with Crippen LogP contribution in [0, 0.1) is 24.2 Å². The molecule has 2 atom stereocenters. The van der Waals surface area contributed by atoms with Gasteiger partial charge in [-0.15, -0.1) is 6.42 Å². The van der Waals surface area contributed by atoms with Crippen LogP contribution < -0.4 is 5.32 Å². The molecule has 4 heteroatoms. The Morgan fingerprint density at radius 1 is 1.25 bits per heavy atom. The molecule has 0 bridgehead atoms. The van der Waals surface area contributed by atoms with Crippen LogP contribution in [0.15, 0.2) is 0 Å². The average Bonchev–Trinajstić information content (AvgIpc) is 2.49. The number of terminal acetylenes is 1. The lowest BCUT2D eigenvalue weighted by atomic mass is 9.84. The fourth-order valence-corrected chi connectivity index (χ4v) is 3.40. The minimum atomic E-state index is 0.116. The molecule has 112 valence electrons. The highest BCUT2D eigenvalue weighted by Gasteiger charge is 2.30. The highest BCUT2D eigenvalue weighted by atomic mass is 16.3. The second kappa shape index (κ2) is 7.66. The number of amides is 1. The zero-order chi connectivity index (χ0) is 14.4. The average molecular weight is 278 g/mol. The lowest BCUT2D eigenvalue weighted by Gasteiger charge is -2.34. The largest absolute Gasteiger partial charge is 0.396 e. The number of nitrogens with one attached hydrogen (secondary N) is 1. The predicted molar refractivity (Wildman–Crippen MR) is 79.0 cm³/mol. The van der Waals surface area contributed by atoms with Gasteiger partial charge in [0.15, 0.2) is 0 Å². The van der Waals surface area contributed by atoms with Gasteiger partial charge in [-0.25, -0.2) is 0 Å². The number of aliphatic hydroxyl groups is 1. The first-order valence-corrected chi connectivity index (χ1v) is 7.81. The second-order valence-electron chi connectivity index (χ2n) is 6.10. The maximum absolute atomic E-state index is 12.3. The van der Waals surface area contributed by atoms with E-state index in [2.05, 4.69) is 16.1 Å². The van der Waals surface area contributed by atoms with E-state index in [0.717, 1.165) is 45.2 Å². The summed E-state index contributed by atoms with van der Waals surface area (Å²) in [6.07, 6.45) is 11.5. The van der Waals surface area contributed by atoms with Gasteiger partial charge in [0.2, 0.25) is 5.91 Å². The smallest absolute Gasteiger partial charge is 0.223 e. The number of nitrogens with zero attached hydrogens (tertiary/aromatic N) is 1. The SMILES string of the molecule is C#CCN1CCC(C(=O)NC2CCCCC2CO)CC1. The Morgan fingerprint density at radius 2 is 1.95 bits per heavy atom. The van der Waals surface area contributed by atoms with Gasteiger partial charge >= 0.3 is 0 Å². The van der Waals surface area contributed by atoms with Gasteiger partial charge in [-0.1, -0.05) is 18.8 Å². The zero-order valence-corrected chi connectivity index (χ0v) is 12.2. The monoisotopic (exact) mass is 278 g/mol. The highest BCUT2D eigenvalue weighted by molar-refractivity contribution is 5.79. The number of piperidine rings is 1. The number of likely N-dealkylation sites (tertiary alicyclic amines) is 1. The van der Waals surface area contributed by atoms with Crippen LogP contribution in [0.2, 0.25) is 0 Å². The molecule has 0 radical (unpaired) electrons. The molecule has 1 aliphatic heterocycles. The first-order chi connectivity index (χ1) is 9.74. The lowest BCUT2D eigenvalue weighted by molar-refractivity contribution is -0.127. The van der Waals surface area contributed by atoms with Gasteiger partial charge in [-0.3, -0.25) is 9.69 Å². The molecule has 1 aliphatic carbocycles. The lowest BCUT2D eigenvalue weighted by Crippen LogP contribution is -2.48. The molecule has 0 spiro atoms. The molecule has 2 unspecified atom stereocenters. The van der Waals surface area contributed by atoms with Gasteiger partial charge in [0.05, 0.1) is 6.54 Å². The summed E-state index contributed by atoms with van der Waals surface area (Å²) < 4.78 is 0. The van der Waals surface area contributed by atoms with Crippen molar-refractivity contribution in [1.82, 2.24) is 10.2 Å². The fourth-order valence-electron chi connectivity index (χ4n) is 3.40. The third-order valence-electron chi connectivity index (χ3n) is 4.74. The Balaban J connectivity index is 1.79. The maximum Gasteiger partial charge on any atom is 0.223 e. The van der Waals surface area contributed by atoms with Crippen molar-refractivity contribution in [1.29, 1.82) is 0 Å². The maximum atomic E-state index is 12.3. The molecule has 0 aromatic rings. The summed E-state index contributed by atoms with van der Waals surface area (Å²) >= 11 is 0. The summed E-state index contributed by atoms with van der Waals surface area (Å²) in [6.45, 7) is 2.70. The van der Waals surface area contributed by atoms with Gasteiger partial charge < -0.3 is 10.4 Å². The van der Waals surface area contributed by atoms with Crippen molar-refractivity contribution in [2.45, 2.75) is 44.6 Å². The van der Waals surface area contributed by atoms with Crippen molar-refractivity contribution in [2.24, 2.45) is 11.8 Å². The molecular formula is C16H26N2O2. The molecular weight excluding hydrogens is 252 g/mol. The van der Waals surface area contributed by atoms with Gasteiger partial charge in [-0.05, 0) is 38.8 Å². The molecule has 1 saturated heterocycles. The third kappa shape index (κ3) is 3.97. The van der Waals surface area contributed by atoms with Crippen LogP contribution in [0.3, 0.4) is 0 Å². The molecule has 1 amide bonds. The van der Waals surface area contributed by atoms with E-state index >= 15 is 0 Å². The van der Waals surface area contributed by atoms with Crippen LogP contribution in [-0.4, -0.2) is 48.2 Å². The number of aliphatic hydroxyl groups excluding tert-OH is 1. The topological polar surface area (TPSA) is 52.6 Å². The molecule has 2 aliphatic rings. The Kier molecular flexibility index (Phi) is 5.87. The first-order valence-electron chi connectivity index (χ1n) is 7.81. The molecule has 2 N–H and O–H groups in total. The minimum Gasteiger partial charge on any atom is -0.396 e. The van der Waals surface area contributed by atoms with Gasteiger partial charge in [0, 0.05) is 24.5 Å². The highest BCUT2D eigenvalue weighted by Crippen LogP contribution is 2.25. The van der Waals surface area contributed by atoms with Crippen molar-refractivity contribution in [3.63, 3.8) is 0 Å². The summed E-state index contributed by atoms with van der Waals surface area (Å²) in [7, 11) is 0. The summed E-state index contributed by atoms with van der Waals surface area (Å²) in [5.41, 5.74) is 0. The Bertz CT molecular complexity index is 356. The van der Waals surface area contributed by atoms with Crippen molar-refractivity contribution in [2.75, 3.05) is 26.2 Å². The summed E-state index contributed by atoms with van der Waals surface area (Å²) in [5.74, 6) is 3.20. The van der Waals surface area contributed by atoms with E-state index in [1.165, 1.54) is 6.42 Å². The quantitative estimate of drug-likeness (QED) is 0.754. The van der Waals surface area contributed by atoms with E-state index in [-0.39, 0.29) is 30.4 Å².